The molecule has 1 aromatic heterocycles. The monoisotopic (exact) mass is 326 g/mol. The first kappa shape index (κ1) is 17.6. The Morgan fingerprint density at radius 2 is 2.23 bits per heavy atom. The van der Waals surface area contributed by atoms with Crippen molar-refractivity contribution >= 4 is 8.07 Å². The molecule has 0 amide bonds. The van der Waals surface area contributed by atoms with Crippen LogP contribution in [0, 0.1) is 0 Å². The average Bonchev–Trinajstić information content (AvgIpc) is 2.85. The van der Waals surface area contributed by atoms with Gasteiger partial charge in [0.25, 0.3) is 0 Å². The molecule has 0 aliphatic carbocycles. The largest absolute Gasteiger partial charge is 0.390 e. The number of fused-ring (bicyclic) bond motifs is 1. The second kappa shape index (κ2) is 7.70. The van der Waals surface area contributed by atoms with Gasteiger partial charge in [-0.05, 0) is 6.04 Å². The van der Waals surface area contributed by atoms with Crippen LogP contribution < -0.4 is 5.73 Å². The lowest BCUT2D eigenvalue weighted by molar-refractivity contribution is 0.0782. The number of aromatic nitrogens is 2. The minimum absolute atomic E-state index is 0.308. The minimum Gasteiger partial charge on any atom is -0.390 e. The Bertz CT molecular complexity index is 473. The molecule has 6 nitrogen and oxygen atoms in total. The number of imidazole rings is 1. The van der Waals surface area contributed by atoms with Gasteiger partial charge in [-0.15, -0.1) is 0 Å². The van der Waals surface area contributed by atoms with E-state index in [1.807, 2.05) is 6.33 Å². The lowest BCUT2D eigenvalue weighted by Gasteiger charge is -2.28. The molecule has 0 bridgehead atoms. The van der Waals surface area contributed by atoms with E-state index in [2.05, 4.69) is 34.1 Å². The van der Waals surface area contributed by atoms with E-state index in [0.29, 0.717) is 19.8 Å². The third-order valence-electron chi connectivity index (χ3n) is 4.04. The summed E-state index contributed by atoms with van der Waals surface area (Å²) in [5.41, 5.74) is 7.87. The van der Waals surface area contributed by atoms with Crippen LogP contribution in [0.5, 0.6) is 0 Å². The molecule has 0 saturated heterocycles. The second-order valence-electron chi connectivity index (χ2n) is 7.33. The summed E-state index contributed by atoms with van der Waals surface area (Å²) in [4.78, 5) is 6.73. The maximum absolute atomic E-state index is 9.72. The van der Waals surface area contributed by atoms with Crippen LogP contribution in [0.4, 0.5) is 0 Å². The summed E-state index contributed by atoms with van der Waals surface area (Å²) >= 11 is 0. The van der Waals surface area contributed by atoms with Gasteiger partial charge in [-0.2, -0.15) is 0 Å². The van der Waals surface area contributed by atoms with Crippen molar-refractivity contribution in [2.24, 2.45) is 5.73 Å². The van der Waals surface area contributed by atoms with Crippen LogP contribution in [0.15, 0.2) is 6.33 Å². The van der Waals surface area contributed by atoms with Gasteiger partial charge in [0.15, 0.2) is 0 Å². The first-order chi connectivity index (χ1) is 10.4. The molecule has 126 valence electrons. The number of aliphatic hydroxyl groups excluding tert-OH is 1. The molecule has 1 aliphatic heterocycles. The SMILES string of the molecule is C[Si](C)(C)CCOCn1cnc2c1CN(CC(O)CN)CC2. The van der Waals surface area contributed by atoms with E-state index in [-0.39, 0.29) is 0 Å². The number of hydrogen-bond acceptors (Lipinski definition) is 5. The molecule has 0 aromatic carbocycles. The summed E-state index contributed by atoms with van der Waals surface area (Å²) in [7, 11) is -1.04. The zero-order valence-electron chi connectivity index (χ0n) is 14.1. The molecule has 2 rings (SSSR count). The van der Waals surface area contributed by atoms with Gasteiger partial charge in [-0.25, -0.2) is 4.98 Å². The predicted molar refractivity (Wildman–Crippen MR) is 90.4 cm³/mol. The van der Waals surface area contributed by atoms with Crippen molar-refractivity contribution < 1.29 is 9.84 Å². The van der Waals surface area contributed by atoms with E-state index in [9.17, 15) is 5.11 Å². The molecule has 3 N–H and O–H groups in total. The Hall–Kier alpha value is -0.733. The van der Waals surface area contributed by atoms with Crippen molar-refractivity contribution in [1.29, 1.82) is 0 Å². The lowest BCUT2D eigenvalue weighted by atomic mass is 10.1. The van der Waals surface area contributed by atoms with E-state index >= 15 is 0 Å². The van der Waals surface area contributed by atoms with Crippen molar-refractivity contribution in [3.05, 3.63) is 17.7 Å². The molecule has 0 radical (unpaired) electrons. The molecule has 1 aliphatic rings. The first-order valence-corrected chi connectivity index (χ1v) is 11.8. The fraction of sp³-hybridized carbons (Fsp3) is 0.800. The van der Waals surface area contributed by atoms with Crippen LogP contribution in [0.3, 0.4) is 0 Å². The van der Waals surface area contributed by atoms with Crippen molar-refractivity contribution in [3.63, 3.8) is 0 Å². The van der Waals surface area contributed by atoms with Crippen LogP contribution in [0.25, 0.3) is 0 Å². The number of β-amino-alcohol motifs (C(OH)–C–C–N with tert-alkyl or cyclic N) is 1. The highest BCUT2D eigenvalue weighted by Gasteiger charge is 2.22. The van der Waals surface area contributed by atoms with Gasteiger partial charge < -0.3 is 20.1 Å². The highest BCUT2D eigenvalue weighted by atomic mass is 28.3. The number of hydrogen-bond donors (Lipinski definition) is 2. The molecule has 1 atom stereocenters. The molecule has 0 fully saturated rings. The summed E-state index contributed by atoms with van der Waals surface area (Å²) in [5, 5.41) is 9.72. The van der Waals surface area contributed by atoms with Gasteiger partial charge in [-0.1, -0.05) is 19.6 Å². The smallest absolute Gasteiger partial charge is 0.124 e. The Labute approximate surface area is 134 Å². The van der Waals surface area contributed by atoms with Crippen molar-refractivity contribution in [1.82, 2.24) is 14.5 Å². The Morgan fingerprint density at radius 1 is 1.45 bits per heavy atom. The van der Waals surface area contributed by atoms with Gasteiger partial charge in [0.2, 0.25) is 0 Å². The fourth-order valence-electron chi connectivity index (χ4n) is 2.58. The lowest BCUT2D eigenvalue weighted by Crippen LogP contribution is -2.40. The third kappa shape index (κ3) is 5.17. The summed E-state index contributed by atoms with van der Waals surface area (Å²) in [6, 6.07) is 1.18. The topological polar surface area (TPSA) is 76.5 Å². The van der Waals surface area contributed by atoms with E-state index in [1.54, 1.807) is 0 Å². The number of rotatable bonds is 8. The number of nitrogens with two attached hydrogens (primary N) is 1. The Morgan fingerprint density at radius 3 is 2.91 bits per heavy atom. The molecule has 2 heterocycles. The summed E-state index contributed by atoms with van der Waals surface area (Å²) in [6.45, 7) is 11.1. The average molecular weight is 327 g/mol. The van der Waals surface area contributed by atoms with Crippen molar-refractivity contribution in [3.8, 4) is 0 Å². The van der Waals surface area contributed by atoms with Gasteiger partial charge in [0.05, 0.1) is 23.8 Å². The molecule has 7 heteroatoms. The normalized spacial score (nSPS) is 17.5. The summed E-state index contributed by atoms with van der Waals surface area (Å²) in [5.74, 6) is 0. The van der Waals surface area contributed by atoms with Gasteiger partial charge in [-0.3, -0.25) is 4.90 Å². The Balaban J connectivity index is 1.87. The van der Waals surface area contributed by atoms with E-state index in [4.69, 9.17) is 10.5 Å². The van der Waals surface area contributed by atoms with Crippen molar-refractivity contribution in [2.45, 2.75) is 51.5 Å². The molecule has 1 aromatic rings. The van der Waals surface area contributed by atoms with Gasteiger partial charge in [0, 0.05) is 47.3 Å². The Kier molecular flexibility index (Phi) is 6.16. The first-order valence-electron chi connectivity index (χ1n) is 8.10. The van der Waals surface area contributed by atoms with Crippen LogP contribution in [0.2, 0.25) is 25.7 Å². The summed E-state index contributed by atoms with van der Waals surface area (Å²) < 4.78 is 7.93. The van der Waals surface area contributed by atoms with Crippen LogP contribution in [-0.2, 0) is 24.4 Å². The highest BCUT2D eigenvalue weighted by Crippen LogP contribution is 2.18. The molecule has 1 unspecified atom stereocenters. The van der Waals surface area contributed by atoms with E-state index in [0.717, 1.165) is 31.8 Å². The van der Waals surface area contributed by atoms with Crippen LogP contribution >= 0.6 is 0 Å². The standard InChI is InChI=1S/C15H30N4O2Si/c1-22(2,3)7-6-21-12-19-11-17-14-4-5-18(10-15(14)19)9-13(20)8-16/h11,13,20H,4-10,12,16H2,1-3H3. The highest BCUT2D eigenvalue weighted by molar-refractivity contribution is 6.76. The van der Waals surface area contributed by atoms with Crippen LogP contribution in [0.1, 0.15) is 11.4 Å². The van der Waals surface area contributed by atoms with E-state index in [1.165, 1.54) is 11.7 Å². The minimum atomic E-state index is -1.04. The second-order valence-corrected chi connectivity index (χ2v) is 13.0. The maximum Gasteiger partial charge on any atom is 0.124 e. The summed E-state index contributed by atoms with van der Waals surface area (Å²) in [6.07, 6.45) is 2.35. The van der Waals surface area contributed by atoms with Crippen LogP contribution in [-0.4, -0.2) is 60.0 Å². The number of aliphatic hydroxyl groups is 1. The molecule has 0 spiro atoms. The maximum atomic E-state index is 9.72. The third-order valence-corrected chi connectivity index (χ3v) is 5.74. The molecular weight excluding hydrogens is 296 g/mol. The van der Waals surface area contributed by atoms with Crippen molar-refractivity contribution in [2.75, 3.05) is 26.2 Å². The number of ether oxygens (including phenoxy) is 1. The zero-order valence-corrected chi connectivity index (χ0v) is 15.1. The number of nitrogens with zero attached hydrogens (tertiary/aromatic N) is 3. The molecule has 22 heavy (non-hydrogen) atoms. The van der Waals surface area contributed by atoms with Gasteiger partial charge in [0.1, 0.15) is 6.73 Å². The quantitative estimate of drug-likeness (QED) is 0.548. The predicted octanol–water partition coefficient (Wildman–Crippen LogP) is 0.873. The molecule has 0 saturated carbocycles. The zero-order chi connectivity index (χ0) is 16.2. The van der Waals surface area contributed by atoms with Gasteiger partial charge >= 0.3 is 0 Å². The van der Waals surface area contributed by atoms with E-state index < -0.39 is 14.2 Å². The molecular formula is C15H30N4O2Si. The fourth-order valence-corrected chi connectivity index (χ4v) is 3.33.